The molecule has 0 spiro atoms. The summed E-state index contributed by atoms with van der Waals surface area (Å²) in [6.07, 6.45) is 10.1. The predicted octanol–water partition coefficient (Wildman–Crippen LogP) is 5.36. The van der Waals surface area contributed by atoms with Gasteiger partial charge in [0.15, 0.2) is 16.3 Å². The zero-order valence-electron chi connectivity index (χ0n) is 18.3. The molecule has 168 valence electrons. The Hall–Kier alpha value is -1.99. The quantitative estimate of drug-likeness (QED) is 0.290. The average molecular weight is 463 g/mol. The van der Waals surface area contributed by atoms with Crippen LogP contribution in [0.2, 0.25) is 5.02 Å². The molecule has 0 saturated heterocycles. The number of imidazole rings is 1. The van der Waals surface area contributed by atoms with E-state index in [1.165, 1.54) is 49.5 Å². The SMILES string of the molecule is CCCCCCCCCCSc1nc2c(c(=O)[nH]c(=O)n2C)n1Cc1ccccc1Cl. The van der Waals surface area contributed by atoms with Crippen LogP contribution in [0.4, 0.5) is 0 Å². The monoisotopic (exact) mass is 462 g/mol. The third-order valence-electron chi connectivity index (χ3n) is 5.49. The minimum atomic E-state index is -0.459. The Labute approximate surface area is 192 Å². The van der Waals surface area contributed by atoms with Crippen LogP contribution in [0.3, 0.4) is 0 Å². The third kappa shape index (κ3) is 6.04. The van der Waals surface area contributed by atoms with Crippen LogP contribution in [-0.4, -0.2) is 24.9 Å². The molecular formula is C23H31ClN4O2S. The molecule has 0 radical (unpaired) electrons. The van der Waals surface area contributed by atoms with Gasteiger partial charge in [0.05, 0.1) is 6.54 Å². The highest BCUT2D eigenvalue weighted by atomic mass is 35.5. The van der Waals surface area contributed by atoms with E-state index in [4.69, 9.17) is 11.6 Å². The van der Waals surface area contributed by atoms with Crippen molar-refractivity contribution in [2.45, 2.75) is 70.0 Å². The summed E-state index contributed by atoms with van der Waals surface area (Å²) in [5.74, 6) is 0.923. The zero-order valence-corrected chi connectivity index (χ0v) is 19.9. The Morgan fingerprint density at radius 1 is 1.03 bits per heavy atom. The summed E-state index contributed by atoms with van der Waals surface area (Å²) in [4.78, 5) is 31.7. The van der Waals surface area contributed by atoms with E-state index >= 15 is 0 Å². The Balaban J connectivity index is 1.75. The number of hydrogen-bond donors (Lipinski definition) is 1. The van der Waals surface area contributed by atoms with Crippen molar-refractivity contribution >= 4 is 34.5 Å². The molecule has 0 amide bonds. The van der Waals surface area contributed by atoms with Crippen molar-refractivity contribution in [1.82, 2.24) is 19.1 Å². The first kappa shape index (κ1) is 23.7. The van der Waals surface area contributed by atoms with E-state index in [9.17, 15) is 9.59 Å². The fourth-order valence-electron chi connectivity index (χ4n) is 3.67. The molecule has 1 N–H and O–H groups in total. The van der Waals surface area contributed by atoms with Crippen molar-refractivity contribution in [3.05, 3.63) is 55.7 Å². The van der Waals surface area contributed by atoms with E-state index in [1.54, 1.807) is 18.8 Å². The number of aryl methyl sites for hydroxylation is 1. The van der Waals surface area contributed by atoms with Crippen LogP contribution in [0.25, 0.3) is 11.2 Å². The van der Waals surface area contributed by atoms with Gasteiger partial charge in [0.2, 0.25) is 0 Å². The predicted molar refractivity (Wildman–Crippen MR) is 129 cm³/mol. The summed E-state index contributed by atoms with van der Waals surface area (Å²) in [6.45, 7) is 2.67. The molecule has 1 aromatic carbocycles. The summed E-state index contributed by atoms with van der Waals surface area (Å²) < 4.78 is 3.27. The molecule has 31 heavy (non-hydrogen) atoms. The minimum absolute atomic E-state index is 0.402. The van der Waals surface area contributed by atoms with Crippen LogP contribution in [0, 0.1) is 0 Å². The van der Waals surface area contributed by atoms with E-state index in [0.717, 1.165) is 22.9 Å². The maximum absolute atomic E-state index is 12.6. The number of H-pyrrole nitrogens is 1. The van der Waals surface area contributed by atoms with Gasteiger partial charge < -0.3 is 4.57 Å². The van der Waals surface area contributed by atoms with Crippen molar-refractivity contribution in [1.29, 1.82) is 0 Å². The van der Waals surface area contributed by atoms with Gasteiger partial charge in [-0.25, -0.2) is 9.78 Å². The Kier molecular flexibility index (Phi) is 8.84. The number of thioether (sulfide) groups is 1. The molecule has 0 atom stereocenters. The number of aromatic nitrogens is 4. The smallest absolute Gasteiger partial charge is 0.309 e. The van der Waals surface area contributed by atoms with Crippen molar-refractivity contribution in [2.24, 2.45) is 7.05 Å². The van der Waals surface area contributed by atoms with Gasteiger partial charge in [-0.1, -0.05) is 93.4 Å². The summed E-state index contributed by atoms with van der Waals surface area (Å²) in [5, 5.41) is 1.38. The number of unbranched alkanes of at least 4 members (excludes halogenated alkanes) is 7. The number of halogens is 1. The van der Waals surface area contributed by atoms with Crippen molar-refractivity contribution in [2.75, 3.05) is 5.75 Å². The molecule has 2 heterocycles. The van der Waals surface area contributed by atoms with Gasteiger partial charge in [-0.05, 0) is 18.1 Å². The Morgan fingerprint density at radius 2 is 1.71 bits per heavy atom. The third-order valence-corrected chi connectivity index (χ3v) is 6.92. The first-order chi connectivity index (χ1) is 15.0. The highest BCUT2D eigenvalue weighted by Crippen LogP contribution is 2.26. The minimum Gasteiger partial charge on any atom is -0.309 e. The lowest BCUT2D eigenvalue weighted by Crippen LogP contribution is -2.29. The standard InChI is InChI=1S/C23H31ClN4O2S/c1-3-4-5-6-7-8-9-12-15-31-23-25-20-19(21(29)26-22(30)27(20)2)28(23)16-17-13-10-11-14-18(17)24/h10-11,13-14H,3-9,12,15-16H2,1-2H3,(H,26,29,30). The van der Waals surface area contributed by atoms with Crippen LogP contribution in [0.15, 0.2) is 39.0 Å². The number of rotatable bonds is 12. The molecule has 6 nitrogen and oxygen atoms in total. The Morgan fingerprint density at radius 3 is 2.42 bits per heavy atom. The highest BCUT2D eigenvalue weighted by molar-refractivity contribution is 7.99. The van der Waals surface area contributed by atoms with E-state index < -0.39 is 11.2 Å². The fourth-order valence-corrected chi connectivity index (χ4v) is 4.86. The fraction of sp³-hybridized carbons (Fsp3) is 0.522. The zero-order chi connectivity index (χ0) is 22.2. The number of aromatic amines is 1. The lowest BCUT2D eigenvalue weighted by Gasteiger charge is -2.10. The van der Waals surface area contributed by atoms with Gasteiger partial charge in [-0.2, -0.15) is 0 Å². The van der Waals surface area contributed by atoms with Gasteiger partial charge in [0.1, 0.15) is 0 Å². The average Bonchev–Trinajstić information content (AvgIpc) is 3.11. The molecule has 0 aliphatic rings. The molecule has 3 rings (SSSR count). The molecule has 0 aliphatic heterocycles. The maximum atomic E-state index is 12.6. The first-order valence-corrected chi connectivity index (χ1v) is 12.4. The molecule has 2 aromatic heterocycles. The molecule has 0 bridgehead atoms. The molecular weight excluding hydrogens is 432 g/mol. The van der Waals surface area contributed by atoms with Crippen LogP contribution >= 0.6 is 23.4 Å². The summed E-state index contributed by atoms with van der Waals surface area (Å²) in [7, 11) is 1.63. The van der Waals surface area contributed by atoms with Crippen LogP contribution in [-0.2, 0) is 13.6 Å². The second-order valence-corrected chi connectivity index (χ2v) is 9.36. The van der Waals surface area contributed by atoms with Crippen molar-refractivity contribution < 1.29 is 0 Å². The lowest BCUT2D eigenvalue weighted by atomic mass is 10.1. The molecule has 0 saturated carbocycles. The highest BCUT2D eigenvalue weighted by Gasteiger charge is 2.18. The van der Waals surface area contributed by atoms with E-state index in [2.05, 4.69) is 16.9 Å². The first-order valence-electron chi connectivity index (χ1n) is 11.1. The number of benzene rings is 1. The van der Waals surface area contributed by atoms with E-state index in [0.29, 0.717) is 22.7 Å². The van der Waals surface area contributed by atoms with E-state index in [-0.39, 0.29) is 0 Å². The lowest BCUT2D eigenvalue weighted by molar-refractivity contribution is 0.586. The van der Waals surface area contributed by atoms with E-state index in [1.807, 2.05) is 28.8 Å². The van der Waals surface area contributed by atoms with Gasteiger partial charge in [0, 0.05) is 17.8 Å². The number of nitrogens with one attached hydrogen (secondary N) is 1. The second kappa shape index (κ2) is 11.6. The molecule has 3 aromatic rings. The van der Waals surface area contributed by atoms with Crippen LogP contribution in [0.5, 0.6) is 0 Å². The van der Waals surface area contributed by atoms with Crippen molar-refractivity contribution in [3.63, 3.8) is 0 Å². The number of fused-ring (bicyclic) bond motifs is 1. The molecule has 0 aliphatic carbocycles. The van der Waals surface area contributed by atoms with Gasteiger partial charge in [-0.3, -0.25) is 14.3 Å². The summed E-state index contributed by atoms with van der Waals surface area (Å²) >= 11 is 8.00. The van der Waals surface area contributed by atoms with Gasteiger partial charge >= 0.3 is 5.69 Å². The van der Waals surface area contributed by atoms with Gasteiger partial charge in [0.25, 0.3) is 5.56 Å². The molecule has 0 fully saturated rings. The van der Waals surface area contributed by atoms with Crippen molar-refractivity contribution in [3.8, 4) is 0 Å². The topological polar surface area (TPSA) is 72.7 Å². The summed E-state index contributed by atoms with van der Waals surface area (Å²) in [6, 6.07) is 7.58. The van der Waals surface area contributed by atoms with Crippen LogP contribution < -0.4 is 11.2 Å². The number of hydrogen-bond acceptors (Lipinski definition) is 4. The number of nitrogens with zero attached hydrogens (tertiary/aromatic N) is 3. The Bertz CT molecular complexity index is 1120. The largest absolute Gasteiger partial charge is 0.329 e. The normalized spacial score (nSPS) is 11.5. The van der Waals surface area contributed by atoms with Crippen LogP contribution in [0.1, 0.15) is 63.9 Å². The molecule has 8 heteroatoms. The molecule has 0 unspecified atom stereocenters. The maximum Gasteiger partial charge on any atom is 0.329 e. The summed E-state index contributed by atoms with van der Waals surface area (Å²) in [5.41, 5.74) is 0.835. The van der Waals surface area contributed by atoms with Gasteiger partial charge in [-0.15, -0.1) is 0 Å². The second-order valence-electron chi connectivity index (χ2n) is 7.89.